The number of likely N-dealkylation sites (tertiary alicyclic amines) is 2. The Morgan fingerprint density at radius 1 is 0.756 bits per heavy atom. The molecule has 41 heavy (non-hydrogen) atoms. The summed E-state index contributed by atoms with van der Waals surface area (Å²) >= 11 is 0.951. The highest BCUT2D eigenvalue weighted by atomic mass is 32.2. The molecule has 4 amide bonds. The van der Waals surface area contributed by atoms with Gasteiger partial charge in [0.15, 0.2) is 0 Å². The highest BCUT2D eigenvalue weighted by Gasteiger charge is 2.42. The standard InChI is InChI=1S/C26H32N6O8S/c1-29-7-3-5-17(29)23(35)27-15-9-19(25(37)38)31(11-15)21(33)13-41-14-22(34)32-12-16(10-20(32)26(39)40)28-24(36)18-6-4-8-30(18)2/h3-8,15-16,19-20H,9-14H2,1-2H3,(H,27,35)(H,28,36)(H,37,38)(H,39,40)/t15-,16-,19-,20-/m0/s1. The van der Waals surface area contributed by atoms with Crippen LogP contribution in [0.2, 0.25) is 0 Å². The Morgan fingerprint density at radius 3 is 1.46 bits per heavy atom. The van der Waals surface area contributed by atoms with Crippen LogP contribution in [0.1, 0.15) is 33.8 Å². The van der Waals surface area contributed by atoms with E-state index in [0.29, 0.717) is 11.4 Å². The van der Waals surface area contributed by atoms with Crippen LogP contribution < -0.4 is 10.6 Å². The molecule has 2 aliphatic heterocycles. The average Bonchev–Trinajstić information content (AvgIpc) is 3.70. The van der Waals surface area contributed by atoms with Gasteiger partial charge in [0.25, 0.3) is 11.8 Å². The Balaban J connectivity index is 1.29. The van der Waals surface area contributed by atoms with Gasteiger partial charge in [0, 0.05) is 64.5 Å². The van der Waals surface area contributed by atoms with Gasteiger partial charge in [0.05, 0.1) is 11.5 Å². The number of thioether (sulfide) groups is 1. The first kappa shape index (κ1) is 29.7. The fourth-order valence-electron chi connectivity index (χ4n) is 5.20. The molecule has 4 N–H and O–H groups in total. The highest BCUT2D eigenvalue weighted by Crippen LogP contribution is 2.23. The van der Waals surface area contributed by atoms with Crippen molar-refractivity contribution in [1.29, 1.82) is 0 Å². The molecule has 0 unspecified atom stereocenters. The van der Waals surface area contributed by atoms with Gasteiger partial charge in [-0.25, -0.2) is 9.59 Å². The Bertz CT molecular complexity index is 1250. The van der Waals surface area contributed by atoms with Gasteiger partial charge in [0.2, 0.25) is 11.8 Å². The lowest BCUT2D eigenvalue weighted by atomic mass is 10.1. The summed E-state index contributed by atoms with van der Waals surface area (Å²) in [6, 6.07) is 3.31. The zero-order chi connectivity index (χ0) is 29.8. The Kier molecular flexibility index (Phi) is 9.05. The molecule has 0 spiro atoms. The molecular formula is C26H32N6O8S. The minimum atomic E-state index is -1.19. The number of aryl methyl sites for hydroxylation is 2. The molecule has 2 saturated heterocycles. The summed E-state index contributed by atoms with van der Waals surface area (Å²) in [7, 11) is 3.42. The SMILES string of the molecule is Cn1cccc1C(=O)N[C@H]1C[C@@H](C(=O)O)N(C(=O)CSCC(=O)N2C[C@@H](NC(=O)c3cccn3C)C[C@H]2C(=O)O)C1. The Labute approximate surface area is 239 Å². The molecule has 220 valence electrons. The number of amides is 4. The van der Waals surface area contributed by atoms with Crippen molar-refractivity contribution >= 4 is 47.3 Å². The molecule has 4 atom stereocenters. The molecule has 0 bridgehead atoms. The molecule has 0 aromatic carbocycles. The summed E-state index contributed by atoms with van der Waals surface area (Å²) in [4.78, 5) is 76.9. The van der Waals surface area contributed by atoms with Crippen LogP contribution >= 0.6 is 11.8 Å². The molecule has 0 saturated carbocycles. The molecule has 4 rings (SSSR count). The topological polar surface area (TPSA) is 183 Å². The second-order valence-electron chi connectivity index (χ2n) is 10.1. The monoisotopic (exact) mass is 588 g/mol. The van der Waals surface area contributed by atoms with E-state index in [1.165, 1.54) is 9.80 Å². The van der Waals surface area contributed by atoms with Gasteiger partial charge < -0.3 is 39.8 Å². The van der Waals surface area contributed by atoms with Crippen LogP contribution in [-0.4, -0.2) is 113 Å². The van der Waals surface area contributed by atoms with Crippen molar-refractivity contribution in [3.05, 3.63) is 48.0 Å². The maximum Gasteiger partial charge on any atom is 0.326 e. The van der Waals surface area contributed by atoms with Gasteiger partial charge in [-0.15, -0.1) is 11.8 Å². The van der Waals surface area contributed by atoms with E-state index in [4.69, 9.17) is 0 Å². The normalized spacial score (nSPS) is 22.0. The van der Waals surface area contributed by atoms with E-state index in [1.807, 2.05) is 0 Å². The Hall–Kier alpha value is -4.27. The van der Waals surface area contributed by atoms with Crippen LogP contribution in [0.4, 0.5) is 0 Å². The molecule has 2 aromatic heterocycles. The van der Waals surface area contributed by atoms with Crippen LogP contribution in [0.15, 0.2) is 36.7 Å². The molecule has 2 fully saturated rings. The van der Waals surface area contributed by atoms with E-state index in [1.54, 1.807) is 59.9 Å². The predicted molar refractivity (Wildman–Crippen MR) is 146 cm³/mol. The summed E-state index contributed by atoms with van der Waals surface area (Å²) in [5, 5.41) is 24.9. The van der Waals surface area contributed by atoms with Crippen molar-refractivity contribution in [1.82, 2.24) is 29.6 Å². The average molecular weight is 589 g/mol. The van der Waals surface area contributed by atoms with Crippen molar-refractivity contribution in [2.24, 2.45) is 14.1 Å². The van der Waals surface area contributed by atoms with Crippen LogP contribution in [0.5, 0.6) is 0 Å². The van der Waals surface area contributed by atoms with Crippen LogP contribution in [0.3, 0.4) is 0 Å². The number of hydrogen-bond donors (Lipinski definition) is 4. The van der Waals surface area contributed by atoms with E-state index in [2.05, 4.69) is 10.6 Å². The van der Waals surface area contributed by atoms with E-state index < -0.39 is 47.9 Å². The quantitative estimate of drug-likeness (QED) is 0.281. The third-order valence-electron chi connectivity index (χ3n) is 7.29. The molecular weight excluding hydrogens is 556 g/mol. The molecule has 2 aromatic rings. The minimum Gasteiger partial charge on any atom is -0.480 e. The van der Waals surface area contributed by atoms with Gasteiger partial charge in [-0.2, -0.15) is 0 Å². The minimum absolute atomic E-state index is 0.0101. The molecule has 0 aliphatic carbocycles. The number of nitrogens with zero attached hydrogens (tertiary/aromatic N) is 4. The van der Waals surface area contributed by atoms with Crippen molar-refractivity contribution in [3.8, 4) is 0 Å². The van der Waals surface area contributed by atoms with Gasteiger partial charge in [-0.1, -0.05) is 0 Å². The number of carboxylic acids is 2. The molecule has 4 heterocycles. The number of aliphatic carboxylic acids is 2. The van der Waals surface area contributed by atoms with Crippen molar-refractivity contribution in [3.63, 3.8) is 0 Å². The maximum absolute atomic E-state index is 12.9. The zero-order valence-corrected chi connectivity index (χ0v) is 23.4. The van der Waals surface area contributed by atoms with Crippen molar-refractivity contribution in [2.75, 3.05) is 24.6 Å². The van der Waals surface area contributed by atoms with Crippen LogP contribution in [0, 0.1) is 0 Å². The summed E-state index contributed by atoms with van der Waals surface area (Å²) in [6.45, 7) is 0.0202. The first-order chi connectivity index (χ1) is 19.5. The smallest absolute Gasteiger partial charge is 0.326 e. The van der Waals surface area contributed by atoms with E-state index >= 15 is 0 Å². The predicted octanol–water partition coefficient (Wildman–Crippen LogP) is -0.635. The number of rotatable bonds is 10. The summed E-state index contributed by atoms with van der Waals surface area (Å²) in [5.41, 5.74) is 0.804. The lowest BCUT2D eigenvalue weighted by molar-refractivity contribution is -0.147. The fourth-order valence-corrected chi connectivity index (χ4v) is 5.99. The largest absolute Gasteiger partial charge is 0.480 e. The highest BCUT2D eigenvalue weighted by molar-refractivity contribution is 8.00. The second-order valence-corrected chi connectivity index (χ2v) is 11.1. The number of aromatic nitrogens is 2. The number of carbonyl (C=O) groups excluding carboxylic acids is 4. The van der Waals surface area contributed by atoms with E-state index in [0.717, 1.165) is 11.8 Å². The summed E-state index contributed by atoms with van der Waals surface area (Å²) in [5.74, 6) is -4.56. The van der Waals surface area contributed by atoms with Crippen LogP contribution in [0.25, 0.3) is 0 Å². The van der Waals surface area contributed by atoms with E-state index in [-0.39, 0.29) is 49.3 Å². The number of carboxylic acid groups (broad SMARTS) is 2. The number of nitrogens with one attached hydrogen (secondary N) is 2. The maximum atomic E-state index is 12.9. The van der Waals surface area contributed by atoms with Crippen LogP contribution in [-0.2, 0) is 33.3 Å². The number of hydrogen-bond acceptors (Lipinski definition) is 7. The van der Waals surface area contributed by atoms with Gasteiger partial charge >= 0.3 is 11.9 Å². The van der Waals surface area contributed by atoms with Gasteiger partial charge in [0.1, 0.15) is 23.5 Å². The fraction of sp³-hybridized carbons (Fsp3) is 0.462. The van der Waals surface area contributed by atoms with Crippen molar-refractivity contribution < 1.29 is 39.0 Å². The lowest BCUT2D eigenvalue weighted by Gasteiger charge is -2.23. The van der Waals surface area contributed by atoms with Gasteiger partial charge in [-0.3, -0.25) is 19.2 Å². The molecule has 2 aliphatic rings. The first-order valence-corrected chi connectivity index (χ1v) is 14.1. The summed E-state index contributed by atoms with van der Waals surface area (Å²) in [6.07, 6.45) is 3.51. The second kappa shape index (κ2) is 12.5. The first-order valence-electron chi connectivity index (χ1n) is 12.9. The van der Waals surface area contributed by atoms with E-state index in [9.17, 15) is 39.0 Å². The molecule has 15 heteroatoms. The third kappa shape index (κ3) is 6.73. The molecule has 0 radical (unpaired) electrons. The van der Waals surface area contributed by atoms with Crippen molar-refractivity contribution in [2.45, 2.75) is 37.0 Å². The lowest BCUT2D eigenvalue weighted by Crippen LogP contribution is -2.43. The molecule has 14 nitrogen and oxygen atoms in total. The Morgan fingerprint density at radius 2 is 1.15 bits per heavy atom. The third-order valence-corrected chi connectivity index (χ3v) is 8.19. The van der Waals surface area contributed by atoms with Gasteiger partial charge in [-0.05, 0) is 24.3 Å². The summed E-state index contributed by atoms with van der Waals surface area (Å²) < 4.78 is 3.26. The number of carbonyl (C=O) groups is 6. The zero-order valence-electron chi connectivity index (χ0n) is 22.6.